The van der Waals surface area contributed by atoms with Gasteiger partial charge in [-0.05, 0) is 48.7 Å². The van der Waals surface area contributed by atoms with E-state index in [0.29, 0.717) is 22.9 Å². The van der Waals surface area contributed by atoms with Gasteiger partial charge in [0.1, 0.15) is 5.75 Å². The van der Waals surface area contributed by atoms with Crippen LogP contribution in [0.15, 0.2) is 53.3 Å². The van der Waals surface area contributed by atoms with Gasteiger partial charge in [0.05, 0.1) is 17.2 Å². The fourth-order valence-electron chi connectivity index (χ4n) is 3.23. The summed E-state index contributed by atoms with van der Waals surface area (Å²) < 4.78 is 0. The van der Waals surface area contributed by atoms with E-state index in [0.717, 1.165) is 5.56 Å². The molecule has 1 aromatic heterocycles. The molecule has 3 aromatic rings. The Bertz CT molecular complexity index is 1060. The molecule has 0 aliphatic rings. The number of hydrogen-bond donors (Lipinski definition) is 5. The molecule has 2 atom stereocenters. The lowest BCUT2D eigenvalue weighted by Gasteiger charge is -2.19. The van der Waals surface area contributed by atoms with Crippen molar-refractivity contribution >= 4 is 16.9 Å². The first-order chi connectivity index (χ1) is 13.3. The number of aliphatic hydroxyl groups is 1. The third-order valence-electron chi connectivity index (χ3n) is 4.64. The van der Waals surface area contributed by atoms with Gasteiger partial charge in [0.15, 0.2) is 0 Å². The van der Waals surface area contributed by atoms with E-state index in [1.54, 1.807) is 30.3 Å². The number of carboxylic acid groups (broad SMARTS) is 1. The number of aliphatic hydroxyl groups excluding tert-OH is 1. The number of aromatic amines is 1. The normalized spacial score (nSPS) is 13.4. The Balaban J connectivity index is 1.69. The molecule has 0 amide bonds. The second-order valence-corrected chi connectivity index (χ2v) is 6.82. The third kappa shape index (κ3) is 4.39. The highest BCUT2D eigenvalue weighted by atomic mass is 16.4. The van der Waals surface area contributed by atoms with Gasteiger partial charge >= 0.3 is 5.97 Å². The number of fused-ring (bicyclic) bond motifs is 1. The molecule has 2 unspecified atom stereocenters. The van der Waals surface area contributed by atoms with Crippen LogP contribution in [0.5, 0.6) is 5.75 Å². The summed E-state index contributed by atoms with van der Waals surface area (Å²) in [7, 11) is 0. The molecule has 0 spiro atoms. The fourth-order valence-corrected chi connectivity index (χ4v) is 3.23. The second-order valence-electron chi connectivity index (χ2n) is 6.82. The zero-order valence-electron chi connectivity index (χ0n) is 15.3. The number of aromatic hydroxyl groups is 1. The monoisotopic (exact) mass is 382 g/mol. The number of H-pyrrole nitrogens is 1. The van der Waals surface area contributed by atoms with Crippen LogP contribution in [0.1, 0.15) is 34.5 Å². The van der Waals surface area contributed by atoms with Gasteiger partial charge < -0.3 is 25.6 Å². The van der Waals surface area contributed by atoms with Crippen molar-refractivity contribution in [1.82, 2.24) is 10.3 Å². The summed E-state index contributed by atoms with van der Waals surface area (Å²) in [5.41, 5.74) is 1.69. The predicted molar refractivity (Wildman–Crippen MR) is 106 cm³/mol. The van der Waals surface area contributed by atoms with Crippen LogP contribution < -0.4 is 10.9 Å². The lowest BCUT2D eigenvalue weighted by atomic mass is 10.0. The number of carboxylic acids is 1. The lowest BCUT2D eigenvalue weighted by molar-refractivity contribution is 0.0696. The second kappa shape index (κ2) is 8.24. The first kappa shape index (κ1) is 19.6. The van der Waals surface area contributed by atoms with E-state index in [1.807, 2.05) is 13.0 Å². The van der Waals surface area contributed by atoms with Gasteiger partial charge in [0, 0.05) is 24.0 Å². The SMILES string of the molecule is CC(Cc1cccc(C(=O)O)c1)NCC(O)c1ccc(O)c2[nH]c(=O)ccc12. The number of carbonyl (C=O) groups is 1. The summed E-state index contributed by atoms with van der Waals surface area (Å²) >= 11 is 0. The van der Waals surface area contributed by atoms with E-state index in [9.17, 15) is 19.8 Å². The van der Waals surface area contributed by atoms with Crippen LogP contribution in [0, 0.1) is 0 Å². The molecule has 146 valence electrons. The number of rotatable bonds is 7. The maximum absolute atomic E-state index is 11.5. The van der Waals surface area contributed by atoms with Gasteiger partial charge in [0.2, 0.25) is 5.56 Å². The summed E-state index contributed by atoms with van der Waals surface area (Å²) in [6.07, 6.45) is -0.237. The van der Waals surface area contributed by atoms with Crippen molar-refractivity contribution in [2.75, 3.05) is 6.54 Å². The molecule has 0 saturated heterocycles. The first-order valence-electron chi connectivity index (χ1n) is 8.93. The molecule has 0 aliphatic heterocycles. The Kier molecular flexibility index (Phi) is 5.77. The predicted octanol–water partition coefficient (Wildman–Crippen LogP) is 2.19. The van der Waals surface area contributed by atoms with Crippen LogP contribution in [0.25, 0.3) is 10.9 Å². The minimum Gasteiger partial charge on any atom is -0.506 e. The molecule has 1 heterocycles. The van der Waals surface area contributed by atoms with Crippen molar-refractivity contribution in [2.45, 2.75) is 25.5 Å². The number of benzene rings is 2. The minimum absolute atomic E-state index is 0.00174. The number of phenolic OH excluding ortho intramolecular Hbond substituents is 1. The zero-order chi connectivity index (χ0) is 20.3. The van der Waals surface area contributed by atoms with Crippen LogP contribution in [0.4, 0.5) is 0 Å². The summed E-state index contributed by atoms with van der Waals surface area (Å²) in [6, 6.07) is 12.8. The largest absolute Gasteiger partial charge is 0.506 e. The summed E-state index contributed by atoms with van der Waals surface area (Å²) in [5, 5.41) is 33.4. The van der Waals surface area contributed by atoms with Crippen molar-refractivity contribution in [3.8, 4) is 5.75 Å². The molecule has 28 heavy (non-hydrogen) atoms. The quantitative estimate of drug-likeness (QED) is 0.427. The molecule has 0 saturated carbocycles. The number of aromatic carboxylic acids is 1. The molecule has 0 fully saturated rings. The van der Waals surface area contributed by atoms with Crippen LogP contribution in [0.2, 0.25) is 0 Å². The first-order valence-corrected chi connectivity index (χ1v) is 8.93. The van der Waals surface area contributed by atoms with Crippen molar-refractivity contribution in [2.24, 2.45) is 0 Å². The molecule has 7 heteroatoms. The maximum atomic E-state index is 11.5. The Labute approximate surface area is 161 Å². The van der Waals surface area contributed by atoms with E-state index in [-0.39, 0.29) is 29.5 Å². The van der Waals surface area contributed by atoms with E-state index in [1.165, 1.54) is 12.1 Å². The third-order valence-corrected chi connectivity index (χ3v) is 4.64. The summed E-state index contributed by atoms with van der Waals surface area (Å²) in [4.78, 5) is 25.1. The highest BCUT2D eigenvalue weighted by molar-refractivity contribution is 5.88. The summed E-state index contributed by atoms with van der Waals surface area (Å²) in [6.45, 7) is 2.21. The Hall–Kier alpha value is -3.16. The number of nitrogens with one attached hydrogen (secondary N) is 2. The van der Waals surface area contributed by atoms with Gasteiger partial charge in [-0.3, -0.25) is 4.79 Å². The molecule has 0 bridgehead atoms. The van der Waals surface area contributed by atoms with Crippen LogP contribution >= 0.6 is 0 Å². The van der Waals surface area contributed by atoms with Crippen LogP contribution in [-0.2, 0) is 6.42 Å². The molecule has 3 rings (SSSR count). The topological polar surface area (TPSA) is 123 Å². The molecule has 2 aromatic carbocycles. The standard InChI is InChI=1S/C21H22N2O5/c1-12(9-13-3-2-4-14(10-13)21(27)28)22-11-18(25)15-5-7-17(24)20-16(15)6-8-19(26)23-20/h2-8,10,12,18,22,24-25H,9,11H2,1H3,(H,23,26)(H,27,28). The average Bonchev–Trinajstić information content (AvgIpc) is 2.67. The number of aromatic nitrogens is 1. The molecule has 0 radical (unpaired) electrons. The highest BCUT2D eigenvalue weighted by Crippen LogP contribution is 2.28. The smallest absolute Gasteiger partial charge is 0.335 e. The molecule has 0 aliphatic carbocycles. The Morgan fingerprint density at radius 3 is 2.71 bits per heavy atom. The minimum atomic E-state index is -0.963. The Morgan fingerprint density at radius 2 is 1.96 bits per heavy atom. The van der Waals surface area contributed by atoms with Crippen LogP contribution in [0.3, 0.4) is 0 Å². The van der Waals surface area contributed by atoms with Gasteiger partial charge in [-0.2, -0.15) is 0 Å². The van der Waals surface area contributed by atoms with Gasteiger partial charge in [-0.15, -0.1) is 0 Å². The van der Waals surface area contributed by atoms with E-state index in [2.05, 4.69) is 10.3 Å². The van der Waals surface area contributed by atoms with Gasteiger partial charge in [0.25, 0.3) is 0 Å². The van der Waals surface area contributed by atoms with Crippen molar-refractivity contribution in [1.29, 1.82) is 0 Å². The lowest BCUT2D eigenvalue weighted by Crippen LogP contribution is -2.32. The van der Waals surface area contributed by atoms with Crippen molar-refractivity contribution in [3.05, 3.63) is 75.6 Å². The number of pyridine rings is 1. The summed E-state index contributed by atoms with van der Waals surface area (Å²) in [5.74, 6) is -1.02. The van der Waals surface area contributed by atoms with Gasteiger partial charge in [-0.1, -0.05) is 18.2 Å². The number of phenols is 1. The van der Waals surface area contributed by atoms with E-state index >= 15 is 0 Å². The molecular weight excluding hydrogens is 360 g/mol. The average molecular weight is 382 g/mol. The van der Waals surface area contributed by atoms with Gasteiger partial charge in [-0.25, -0.2) is 4.79 Å². The van der Waals surface area contributed by atoms with Crippen molar-refractivity contribution < 1.29 is 20.1 Å². The maximum Gasteiger partial charge on any atom is 0.335 e. The molecular formula is C21H22N2O5. The van der Waals surface area contributed by atoms with E-state index in [4.69, 9.17) is 5.11 Å². The van der Waals surface area contributed by atoms with Crippen LogP contribution in [-0.4, -0.2) is 38.9 Å². The highest BCUT2D eigenvalue weighted by Gasteiger charge is 2.15. The zero-order valence-corrected chi connectivity index (χ0v) is 15.3. The van der Waals surface area contributed by atoms with E-state index < -0.39 is 12.1 Å². The fraction of sp³-hybridized carbons (Fsp3) is 0.238. The van der Waals surface area contributed by atoms with Crippen molar-refractivity contribution in [3.63, 3.8) is 0 Å². The Morgan fingerprint density at radius 1 is 1.18 bits per heavy atom. The number of hydrogen-bond acceptors (Lipinski definition) is 5. The molecule has 7 nitrogen and oxygen atoms in total. The molecule has 5 N–H and O–H groups in total.